The molecule has 0 aliphatic heterocycles. The van der Waals surface area contributed by atoms with E-state index in [1.54, 1.807) is 0 Å². The Morgan fingerprint density at radius 1 is 1.22 bits per heavy atom. The van der Waals surface area contributed by atoms with Gasteiger partial charge in [0.2, 0.25) is 0 Å². The molecule has 126 valence electrons. The van der Waals surface area contributed by atoms with Gasteiger partial charge < -0.3 is 10.2 Å². The van der Waals surface area contributed by atoms with Crippen LogP contribution in [0.4, 0.5) is 0 Å². The number of rotatable bonds is 6. The summed E-state index contributed by atoms with van der Waals surface area (Å²) in [6, 6.07) is 10.3. The van der Waals surface area contributed by atoms with Gasteiger partial charge in [0, 0.05) is 31.7 Å². The zero-order chi connectivity index (χ0) is 15.8. The van der Waals surface area contributed by atoms with Gasteiger partial charge in [-0.3, -0.25) is 4.98 Å². The van der Waals surface area contributed by atoms with Crippen molar-refractivity contribution in [2.24, 2.45) is 4.99 Å². The standard InChI is InChI=1S/C18H26N4.HI/c1-4-6-13-22(3)18(19-5-2)21-14-16-10-7-9-15-11-8-12-20-17(15)16;/h7-12H,4-6,13-14H2,1-3H3,(H,19,21);1H. The maximum absolute atomic E-state index is 4.78. The van der Waals surface area contributed by atoms with E-state index in [1.165, 1.54) is 18.2 Å². The molecular formula is C18H27IN4. The Kier molecular flexibility index (Phi) is 8.91. The summed E-state index contributed by atoms with van der Waals surface area (Å²) < 4.78 is 0. The SMILES string of the molecule is CCCCN(C)C(=NCc1cccc2cccnc12)NCC.I. The Balaban J connectivity index is 0.00000264. The number of benzene rings is 1. The van der Waals surface area contributed by atoms with E-state index in [0.29, 0.717) is 6.54 Å². The summed E-state index contributed by atoms with van der Waals surface area (Å²) in [4.78, 5) is 11.5. The topological polar surface area (TPSA) is 40.5 Å². The van der Waals surface area contributed by atoms with Crippen molar-refractivity contribution in [3.8, 4) is 0 Å². The first kappa shape index (κ1) is 19.7. The lowest BCUT2D eigenvalue weighted by Gasteiger charge is -2.21. The van der Waals surface area contributed by atoms with Gasteiger partial charge in [0.25, 0.3) is 0 Å². The molecule has 1 N–H and O–H groups in total. The van der Waals surface area contributed by atoms with Crippen LogP contribution >= 0.6 is 24.0 Å². The van der Waals surface area contributed by atoms with E-state index in [4.69, 9.17) is 4.99 Å². The molecule has 0 bridgehead atoms. The number of hydrogen-bond donors (Lipinski definition) is 1. The lowest BCUT2D eigenvalue weighted by atomic mass is 10.1. The first-order valence-electron chi connectivity index (χ1n) is 8.08. The number of guanidine groups is 1. The van der Waals surface area contributed by atoms with Gasteiger partial charge in [-0.15, -0.1) is 24.0 Å². The number of aromatic nitrogens is 1. The molecule has 5 heteroatoms. The molecule has 0 unspecified atom stereocenters. The minimum atomic E-state index is 0. The average Bonchev–Trinajstić information content (AvgIpc) is 2.56. The third-order valence-electron chi connectivity index (χ3n) is 3.66. The maximum atomic E-state index is 4.78. The van der Waals surface area contributed by atoms with Crippen molar-refractivity contribution in [1.29, 1.82) is 0 Å². The van der Waals surface area contributed by atoms with Gasteiger partial charge in [-0.1, -0.05) is 37.6 Å². The van der Waals surface area contributed by atoms with Crippen molar-refractivity contribution < 1.29 is 0 Å². The van der Waals surface area contributed by atoms with Crippen LogP contribution in [0.2, 0.25) is 0 Å². The molecule has 0 fully saturated rings. The Hall–Kier alpha value is -1.37. The highest BCUT2D eigenvalue weighted by Crippen LogP contribution is 2.16. The highest BCUT2D eigenvalue weighted by atomic mass is 127. The van der Waals surface area contributed by atoms with Crippen molar-refractivity contribution >= 4 is 40.8 Å². The summed E-state index contributed by atoms with van der Waals surface area (Å²) in [5.74, 6) is 0.962. The summed E-state index contributed by atoms with van der Waals surface area (Å²) in [5.41, 5.74) is 2.21. The number of pyridine rings is 1. The van der Waals surface area contributed by atoms with Gasteiger partial charge in [-0.05, 0) is 25.0 Å². The van der Waals surface area contributed by atoms with Crippen LogP contribution in [-0.4, -0.2) is 36.0 Å². The van der Waals surface area contributed by atoms with Gasteiger partial charge in [0.1, 0.15) is 0 Å². The second-order valence-electron chi connectivity index (χ2n) is 5.44. The molecule has 1 aromatic carbocycles. The van der Waals surface area contributed by atoms with Crippen molar-refractivity contribution in [3.63, 3.8) is 0 Å². The van der Waals surface area contributed by atoms with Crippen LogP contribution in [0.5, 0.6) is 0 Å². The van der Waals surface area contributed by atoms with E-state index >= 15 is 0 Å². The van der Waals surface area contributed by atoms with Crippen molar-refractivity contribution in [3.05, 3.63) is 42.1 Å². The van der Waals surface area contributed by atoms with Crippen LogP contribution in [0.3, 0.4) is 0 Å². The normalized spacial score (nSPS) is 11.2. The third-order valence-corrected chi connectivity index (χ3v) is 3.66. The van der Waals surface area contributed by atoms with E-state index in [1.807, 2.05) is 12.3 Å². The number of hydrogen-bond acceptors (Lipinski definition) is 2. The summed E-state index contributed by atoms with van der Waals surface area (Å²) in [5, 5.41) is 4.53. The predicted octanol–water partition coefficient (Wildman–Crippen LogP) is 4.05. The molecule has 0 spiro atoms. The monoisotopic (exact) mass is 426 g/mol. The zero-order valence-corrected chi connectivity index (χ0v) is 16.6. The molecule has 0 saturated heterocycles. The second kappa shape index (κ2) is 10.4. The van der Waals surface area contributed by atoms with Gasteiger partial charge in [-0.2, -0.15) is 0 Å². The highest BCUT2D eigenvalue weighted by Gasteiger charge is 2.06. The smallest absolute Gasteiger partial charge is 0.193 e. The molecule has 0 saturated carbocycles. The average molecular weight is 426 g/mol. The molecule has 0 aliphatic carbocycles. The molecule has 4 nitrogen and oxygen atoms in total. The van der Waals surface area contributed by atoms with Crippen LogP contribution in [0, 0.1) is 0 Å². The Labute approximate surface area is 156 Å². The molecule has 0 aliphatic rings. The number of para-hydroxylation sites is 1. The summed E-state index contributed by atoms with van der Waals surface area (Å²) in [6.45, 7) is 6.86. The van der Waals surface area contributed by atoms with Crippen molar-refractivity contribution in [2.45, 2.75) is 33.2 Å². The molecule has 1 heterocycles. The Morgan fingerprint density at radius 3 is 2.74 bits per heavy atom. The van der Waals surface area contributed by atoms with Crippen LogP contribution in [0.1, 0.15) is 32.3 Å². The molecule has 0 radical (unpaired) electrons. The lowest BCUT2D eigenvalue weighted by molar-refractivity contribution is 0.465. The number of nitrogens with one attached hydrogen (secondary N) is 1. The fourth-order valence-electron chi connectivity index (χ4n) is 2.43. The molecule has 2 aromatic rings. The minimum absolute atomic E-state index is 0. The molecule has 23 heavy (non-hydrogen) atoms. The minimum Gasteiger partial charge on any atom is -0.357 e. The highest BCUT2D eigenvalue weighted by molar-refractivity contribution is 14.0. The number of halogens is 1. The van der Waals surface area contributed by atoms with Crippen molar-refractivity contribution in [1.82, 2.24) is 15.2 Å². The zero-order valence-electron chi connectivity index (χ0n) is 14.2. The third kappa shape index (κ3) is 5.64. The summed E-state index contributed by atoms with van der Waals surface area (Å²) in [6.07, 6.45) is 4.21. The van der Waals surface area contributed by atoms with Crippen LogP contribution in [-0.2, 0) is 6.54 Å². The van der Waals surface area contributed by atoms with E-state index in [0.717, 1.165) is 30.1 Å². The maximum Gasteiger partial charge on any atom is 0.193 e. The number of unbranched alkanes of at least 4 members (excludes halogenated alkanes) is 1. The number of nitrogens with zero attached hydrogens (tertiary/aromatic N) is 3. The molecule has 0 atom stereocenters. The lowest BCUT2D eigenvalue weighted by Crippen LogP contribution is -2.39. The van der Waals surface area contributed by atoms with Gasteiger partial charge in [0.05, 0.1) is 12.1 Å². The van der Waals surface area contributed by atoms with Gasteiger partial charge in [-0.25, -0.2) is 4.99 Å². The van der Waals surface area contributed by atoms with E-state index < -0.39 is 0 Å². The van der Waals surface area contributed by atoms with Gasteiger partial charge in [0.15, 0.2) is 5.96 Å². The Bertz CT molecular complexity index is 622. The Morgan fingerprint density at radius 2 is 2.00 bits per heavy atom. The first-order chi connectivity index (χ1) is 10.8. The van der Waals surface area contributed by atoms with Crippen LogP contribution in [0.25, 0.3) is 10.9 Å². The fraction of sp³-hybridized carbons (Fsp3) is 0.444. The first-order valence-corrected chi connectivity index (χ1v) is 8.08. The summed E-state index contributed by atoms with van der Waals surface area (Å²) >= 11 is 0. The number of fused-ring (bicyclic) bond motifs is 1. The van der Waals surface area contributed by atoms with Crippen LogP contribution < -0.4 is 5.32 Å². The summed E-state index contributed by atoms with van der Waals surface area (Å²) in [7, 11) is 2.10. The quantitative estimate of drug-likeness (QED) is 0.431. The molecule has 2 rings (SSSR count). The van der Waals surface area contributed by atoms with E-state index in [2.05, 4.69) is 60.4 Å². The predicted molar refractivity (Wildman–Crippen MR) is 110 cm³/mol. The van der Waals surface area contributed by atoms with Crippen molar-refractivity contribution in [2.75, 3.05) is 20.1 Å². The molecule has 1 aromatic heterocycles. The molecular weight excluding hydrogens is 399 g/mol. The van der Waals surface area contributed by atoms with E-state index in [-0.39, 0.29) is 24.0 Å². The largest absolute Gasteiger partial charge is 0.357 e. The fourth-order valence-corrected chi connectivity index (χ4v) is 2.43. The number of aliphatic imine (C=N–C) groups is 1. The van der Waals surface area contributed by atoms with Crippen LogP contribution in [0.15, 0.2) is 41.5 Å². The molecule has 0 amide bonds. The van der Waals surface area contributed by atoms with Gasteiger partial charge >= 0.3 is 0 Å². The second-order valence-corrected chi connectivity index (χ2v) is 5.44. The van der Waals surface area contributed by atoms with E-state index in [9.17, 15) is 0 Å².